The Kier molecular flexibility index (Phi) is 5.36. The van der Waals surface area contributed by atoms with E-state index >= 15 is 0 Å². The molecule has 0 aliphatic rings. The van der Waals surface area contributed by atoms with Crippen molar-refractivity contribution < 1.29 is 19.1 Å². The molecule has 2 aromatic rings. The monoisotopic (exact) mass is 318 g/mol. The average molecular weight is 318 g/mol. The van der Waals surface area contributed by atoms with Gasteiger partial charge in [0.2, 0.25) is 5.91 Å². The number of hydrogen-bond acceptors (Lipinski definition) is 4. The Hall–Kier alpha value is -2.37. The summed E-state index contributed by atoms with van der Waals surface area (Å²) in [6, 6.07) is 7.43. The van der Waals surface area contributed by atoms with Crippen LogP contribution in [0.3, 0.4) is 0 Å². The topological polar surface area (TPSA) is 92.4 Å². The van der Waals surface area contributed by atoms with Gasteiger partial charge in [0.25, 0.3) is 0 Å². The lowest BCUT2D eigenvalue weighted by molar-refractivity contribution is -0.149. The fourth-order valence-electron chi connectivity index (χ4n) is 2.48. The number of carboxylic acid groups (broad SMARTS) is 1. The minimum absolute atomic E-state index is 0.141. The second-order valence-electron chi connectivity index (χ2n) is 5.64. The number of carboxylic acids is 1. The summed E-state index contributed by atoms with van der Waals surface area (Å²) in [4.78, 5) is 27.7. The third-order valence-electron chi connectivity index (χ3n) is 4.34. The Balaban J connectivity index is 1.88. The van der Waals surface area contributed by atoms with E-state index in [0.717, 1.165) is 5.52 Å². The Morgan fingerprint density at radius 3 is 2.57 bits per heavy atom. The van der Waals surface area contributed by atoms with Gasteiger partial charge in [-0.05, 0) is 25.0 Å². The number of nitrogens with one attached hydrogen (secondary N) is 1. The Bertz CT molecular complexity index is 656. The number of hydrogen-bond donors (Lipinski definition) is 2. The number of nitrogens with zero attached hydrogens (tertiary/aromatic N) is 1. The summed E-state index contributed by atoms with van der Waals surface area (Å²) in [6.07, 6.45) is 1.56. The molecule has 6 nitrogen and oxygen atoms in total. The van der Waals surface area contributed by atoms with Crippen LogP contribution < -0.4 is 5.32 Å². The molecule has 6 heteroatoms. The van der Waals surface area contributed by atoms with Crippen molar-refractivity contribution in [1.29, 1.82) is 0 Å². The Morgan fingerprint density at radius 2 is 1.96 bits per heavy atom. The molecule has 23 heavy (non-hydrogen) atoms. The second-order valence-corrected chi connectivity index (χ2v) is 5.64. The number of aliphatic carboxylic acids is 1. The van der Waals surface area contributed by atoms with Crippen molar-refractivity contribution in [3.8, 4) is 0 Å². The van der Waals surface area contributed by atoms with Crippen LogP contribution in [0, 0.1) is 5.41 Å². The molecule has 0 unspecified atom stereocenters. The minimum atomic E-state index is -0.896. The highest BCUT2D eigenvalue weighted by molar-refractivity contribution is 5.79. The molecule has 0 fully saturated rings. The van der Waals surface area contributed by atoms with Crippen molar-refractivity contribution in [1.82, 2.24) is 10.3 Å². The molecular formula is C17H22N2O4. The fourth-order valence-corrected chi connectivity index (χ4v) is 2.48. The van der Waals surface area contributed by atoms with Crippen LogP contribution >= 0.6 is 0 Å². The highest BCUT2D eigenvalue weighted by atomic mass is 16.4. The summed E-state index contributed by atoms with van der Waals surface area (Å²) in [5.41, 5.74) is 0.572. The van der Waals surface area contributed by atoms with Crippen molar-refractivity contribution in [3.63, 3.8) is 0 Å². The van der Waals surface area contributed by atoms with Gasteiger partial charge in [0.05, 0.1) is 5.41 Å². The lowest BCUT2D eigenvalue weighted by atomic mass is 9.82. The van der Waals surface area contributed by atoms with E-state index in [1.807, 2.05) is 38.1 Å². The molecular weight excluding hydrogens is 296 g/mol. The van der Waals surface area contributed by atoms with Crippen LogP contribution in [0.15, 0.2) is 28.7 Å². The summed E-state index contributed by atoms with van der Waals surface area (Å²) in [6.45, 7) is 3.78. The van der Waals surface area contributed by atoms with Crippen LogP contribution in [0.5, 0.6) is 0 Å². The lowest BCUT2D eigenvalue weighted by Crippen LogP contribution is -2.42. The number of fused-ring (bicyclic) bond motifs is 1. The summed E-state index contributed by atoms with van der Waals surface area (Å²) in [5.74, 6) is -0.557. The van der Waals surface area contributed by atoms with Gasteiger partial charge in [-0.15, -0.1) is 0 Å². The van der Waals surface area contributed by atoms with Gasteiger partial charge in [-0.25, -0.2) is 4.98 Å². The van der Waals surface area contributed by atoms with E-state index in [1.165, 1.54) is 0 Å². The molecule has 1 aromatic carbocycles. The van der Waals surface area contributed by atoms with E-state index in [2.05, 4.69) is 10.3 Å². The van der Waals surface area contributed by atoms with Crippen LogP contribution in [0.2, 0.25) is 0 Å². The molecule has 124 valence electrons. The molecule has 0 atom stereocenters. The van der Waals surface area contributed by atoms with Gasteiger partial charge in [0.1, 0.15) is 5.52 Å². The van der Waals surface area contributed by atoms with Gasteiger partial charge in [-0.2, -0.15) is 0 Å². The van der Waals surface area contributed by atoms with Crippen molar-refractivity contribution in [2.45, 2.75) is 39.5 Å². The van der Waals surface area contributed by atoms with Crippen molar-refractivity contribution >= 4 is 23.0 Å². The van der Waals surface area contributed by atoms with Crippen LogP contribution in [0.25, 0.3) is 11.1 Å². The zero-order valence-corrected chi connectivity index (χ0v) is 13.5. The van der Waals surface area contributed by atoms with Gasteiger partial charge < -0.3 is 14.8 Å². The van der Waals surface area contributed by atoms with E-state index in [-0.39, 0.29) is 18.9 Å². The van der Waals surface area contributed by atoms with Gasteiger partial charge in [0.15, 0.2) is 11.5 Å². The highest BCUT2D eigenvalue weighted by Crippen LogP contribution is 2.25. The maximum Gasteiger partial charge on any atom is 0.311 e. The number of para-hydroxylation sites is 2. The predicted molar refractivity (Wildman–Crippen MR) is 86.0 cm³/mol. The van der Waals surface area contributed by atoms with E-state index in [4.69, 9.17) is 4.42 Å². The van der Waals surface area contributed by atoms with Crippen molar-refractivity contribution in [3.05, 3.63) is 30.2 Å². The van der Waals surface area contributed by atoms with Gasteiger partial charge >= 0.3 is 5.97 Å². The largest absolute Gasteiger partial charge is 0.481 e. The normalized spacial score (nSPS) is 11.6. The molecule has 0 spiro atoms. The molecule has 0 radical (unpaired) electrons. The minimum Gasteiger partial charge on any atom is -0.481 e. The quantitative estimate of drug-likeness (QED) is 0.780. The zero-order chi connectivity index (χ0) is 16.9. The molecule has 0 saturated heterocycles. The number of amides is 1. The average Bonchev–Trinajstić information content (AvgIpc) is 2.97. The second kappa shape index (κ2) is 7.26. The van der Waals surface area contributed by atoms with Crippen LogP contribution in [-0.2, 0) is 16.0 Å². The third-order valence-corrected chi connectivity index (χ3v) is 4.34. The molecule has 0 saturated carbocycles. The first-order valence-corrected chi connectivity index (χ1v) is 7.85. The maximum atomic E-state index is 12.0. The van der Waals surface area contributed by atoms with E-state index in [0.29, 0.717) is 30.7 Å². The number of carbonyl (C=O) groups is 2. The SMILES string of the molecule is CCC(CC)(CNC(=O)CCc1nc2ccccc2o1)C(=O)O. The smallest absolute Gasteiger partial charge is 0.311 e. The van der Waals surface area contributed by atoms with Crippen LogP contribution in [-0.4, -0.2) is 28.5 Å². The molecule has 0 aliphatic carbocycles. The molecule has 2 N–H and O–H groups in total. The van der Waals surface area contributed by atoms with Crippen molar-refractivity contribution in [2.75, 3.05) is 6.54 Å². The standard InChI is InChI=1S/C17H22N2O4/c1-3-17(4-2,16(21)22)11-18-14(20)9-10-15-19-12-7-5-6-8-13(12)23-15/h5-8H,3-4,9-11H2,1-2H3,(H,18,20)(H,21,22). The Morgan fingerprint density at radius 1 is 1.26 bits per heavy atom. The number of aryl methyl sites for hydroxylation is 1. The highest BCUT2D eigenvalue weighted by Gasteiger charge is 2.35. The summed E-state index contributed by atoms with van der Waals surface area (Å²) < 4.78 is 5.56. The molecule has 2 rings (SSSR count). The van der Waals surface area contributed by atoms with Gasteiger partial charge in [0, 0.05) is 19.4 Å². The molecule has 1 aromatic heterocycles. The fraction of sp³-hybridized carbons (Fsp3) is 0.471. The zero-order valence-electron chi connectivity index (χ0n) is 13.5. The molecule has 0 bridgehead atoms. The predicted octanol–water partition coefficient (Wildman–Crippen LogP) is 2.77. The molecule has 0 aliphatic heterocycles. The maximum absolute atomic E-state index is 12.0. The number of carbonyl (C=O) groups excluding carboxylic acids is 1. The van der Waals surface area contributed by atoms with Crippen LogP contribution in [0.4, 0.5) is 0 Å². The van der Waals surface area contributed by atoms with Crippen molar-refractivity contribution in [2.24, 2.45) is 5.41 Å². The number of aromatic nitrogens is 1. The number of rotatable bonds is 8. The van der Waals surface area contributed by atoms with Gasteiger partial charge in [-0.1, -0.05) is 26.0 Å². The summed E-state index contributed by atoms with van der Waals surface area (Å²) in [5, 5.41) is 12.1. The lowest BCUT2D eigenvalue weighted by Gasteiger charge is -2.26. The van der Waals surface area contributed by atoms with E-state index in [1.54, 1.807) is 0 Å². The third kappa shape index (κ3) is 3.88. The first kappa shape index (κ1) is 17.0. The van der Waals surface area contributed by atoms with Gasteiger partial charge in [-0.3, -0.25) is 9.59 Å². The molecule has 1 heterocycles. The first-order chi connectivity index (χ1) is 11.0. The van der Waals surface area contributed by atoms with Crippen LogP contribution in [0.1, 0.15) is 39.0 Å². The number of benzene rings is 1. The Labute approximate surface area is 134 Å². The van der Waals surface area contributed by atoms with E-state index < -0.39 is 11.4 Å². The summed E-state index contributed by atoms with van der Waals surface area (Å²) in [7, 11) is 0. The number of oxazole rings is 1. The summed E-state index contributed by atoms with van der Waals surface area (Å²) >= 11 is 0. The van der Waals surface area contributed by atoms with E-state index in [9.17, 15) is 14.7 Å². The molecule has 1 amide bonds. The first-order valence-electron chi connectivity index (χ1n) is 7.85.